The Hall–Kier alpha value is -1.83. The Morgan fingerprint density at radius 2 is 2.10 bits per heavy atom. The van der Waals surface area contributed by atoms with Crippen LogP contribution in [0.25, 0.3) is 0 Å². The summed E-state index contributed by atoms with van der Waals surface area (Å²) in [6, 6.07) is -0.612. The number of carboxylic acid groups (broad SMARTS) is 1. The third-order valence-corrected chi connectivity index (χ3v) is 4.27. The van der Waals surface area contributed by atoms with Gasteiger partial charge in [-0.05, 0) is 13.3 Å². The highest BCUT2D eigenvalue weighted by atomic mass is 16.4. The monoisotopic (exact) mass is 299 g/mol. The highest BCUT2D eigenvalue weighted by Gasteiger charge is 2.48. The van der Waals surface area contributed by atoms with Crippen LogP contribution in [0, 0.1) is 11.8 Å². The molecule has 0 saturated carbocycles. The fraction of sp³-hybridized carbons (Fsp3) is 0.769. The van der Waals surface area contributed by atoms with Gasteiger partial charge in [0.15, 0.2) is 0 Å². The summed E-state index contributed by atoms with van der Waals surface area (Å²) in [6.45, 7) is 4.10. The Morgan fingerprint density at radius 3 is 2.62 bits per heavy atom. The van der Waals surface area contributed by atoms with Gasteiger partial charge >= 0.3 is 6.09 Å². The van der Waals surface area contributed by atoms with E-state index in [0.717, 1.165) is 0 Å². The predicted octanol–water partition coefficient (Wildman–Crippen LogP) is -1.01. The molecule has 0 bridgehead atoms. The van der Waals surface area contributed by atoms with Gasteiger partial charge in [0.1, 0.15) is 0 Å². The zero-order chi connectivity index (χ0) is 15.7. The van der Waals surface area contributed by atoms with Gasteiger partial charge in [0.25, 0.3) is 0 Å². The summed E-state index contributed by atoms with van der Waals surface area (Å²) < 4.78 is 0. The zero-order valence-corrected chi connectivity index (χ0v) is 12.1. The predicted molar refractivity (Wildman–Crippen MR) is 72.4 cm³/mol. The van der Waals surface area contributed by atoms with Crippen molar-refractivity contribution in [3.05, 3.63) is 0 Å². The van der Waals surface area contributed by atoms with Gasteiger partial charge in [0.05, 0.1) is 30.0 Å². The van der Waals surface area contributed by atoms with E-state index in [1.54, 1.807) is 11.8 Å². The number of aliphatic hydroxyl groups excluding tert-OH is 1. The fourth-order valence-corrected chi connectivity index (χ4v) is 3.07. The Morgan fingerprint density at radius 1 is 1.43 bits per heavy atom. The van der Waals surface area contributed by atoms with Gasteiger partial charge in [-0.2, -0.15) is 0 Å². The van der Waals surface area contributed by atoms with Crippen LogP contribution in [0.1, 0.15) is 20.3 Å². The van der Waals surface area contributed by atoms with Crippen molar-refractivity contribution in [2.75, 3.05) is 13.1 Å². The molecule has 8 heteroatoms. The molecule has 2 unspecified atom stereocenters. The summed E-state index contributed by atoms with van der Waals surface area (Å²) in [7, 11) is 0. The van der Waals surface area contributed by atoms with Crippen molar-refractivity contribution in [3.8, 4) is 0 Å². The second-order valence-corrected chi connectivity index (χ2v) is 5.81. The lowest BCUT2D eigenvalue weighted by atomic mass is 9.78. The van der Waals surface area contributed by atoms with Gasteiger partial charge in [0.2, 0.25) is 11.8 Å². The second-order valence-electron chi connectivity index (χ2n) is 5.81. The van der Waals surface area contributed by atoms with Crippen molar-refractivity contribution in [2.45, 2.75) is 38.5 Å². The largest absolute Gasteiger partial charge is 0.465 e. The van der Waals surface area contributed by atoms with Crippen molar-refractivity contribution >= 4 is 17.9 Å². The van der Waals surface area contributed by atoms with E-state index in [1.807, 2.05) is 0 Å². The number of hydrogen-bond donors (Lipinski definition) is 4. The van der Waals surface area contributed by atoms with Crippen molar-refractivity contribution < 1.29 is 24.6 Å². The SMILES string of the molecule is CC(C(=O)N1CCC(NC(=O)O)C1)[C@H]1NC(=O)[C@@H]1[C@@H](C)O. The number of rotatable bonds is 4. The number of amides is 3. The molecule has 0 radical (unpaired) electrons. The number of aliphatic hydroxyl groups is 1. The van der Waals surface area contributed by atoms with Crippen LogP contribution in [0.4, 0.5) is 4.79 Å². The maximum atomic E-state index is 12.4. The van der Waals surface area contributed by atoms with Crippen molar-refractivity contribution in [3.63, 3.8) is 0 Å². The van der Waals surface area contributed by atoms with E-state index < -0.39 is 24.0 Å². The average Bonchev–Trinajstić information content (AvgIpc) is 2.80. The number of β-lactam (4-membered cyclic amide) rings is 1. The molecular formula is C13H21N3O5. The third kappa shape index (κ3) is 3.10. The van der Waals surface area contributed by atoms with Crippen molar-refractivity contribution in [2.24, 2.45) is 11.8 Å². The van der Waals surface area contributed by atoms with Gasteiger partial charge < -0.3 is 25.7 Å². The van der Waals surface area contributed by atoms with E-state index in [1.165, 1.54) is 6.92 Å². The van der Waals surface area contributed by atoms with Crippen LogP contribution in [0.2, 0.25) is 0 Å². The first-order valence-corrected chi connectivity index (χ1v) is 7.08. The molecule has 3 amide bonds. The molecular weight excluding hydrogens is 278 g/mol. The molecule has 8 nitrogen and oxygen atoms in total. The van der Waals surface area contributed by atoms with Gasteiger partial charge in [-0.3, -0.25) is 9.59 Å². The minimum Gasteiger partial charge on any atom is -0.465 e. The smallest absolute Gasteiger partial charge is 0.404 e. The lowest BCUT2D eigenvalue weighted by Crippen LogP contribution is -2.66. The minimum atomic E-state index is -1.09. The minimum absolute atomic E-state index is 0.125. The normalized spacial score (nSPS) is 31.1. The lowest BCUT2D eigenvalue weighted by Gasteiger charge is -2.42. The molecule has 2 heterocycles. The van der Waals surface area contributed by atoms with Crippen LogP contribution in [-0.2, 0) is 9.59 Å². The number of likely N-dealkylation sites (tertiary alicyclic amines) is 1. The summed E-state index contributed by atoms with van der Waals surface area (Å²) in [5.41, 5.74) is 0. The van der Waals surface area contributed by atoms with Gasteiger partial charge in [-0.25, -0.2) is 4.79 Å². The van der Waals surface area contributed by atoms with Crippen molar-refractivity contribution in [1.29, 1.82) is 0 Å². The molecule has 0 aromatic heterocycles. The molecule has 118 valence electrons. The number of carbonyl (C=O) groups excluding carboxylic acids is 2. The quantitative estimate of drug-likeness (QED) is 0.496. The maximum absolute atomic E-state index is 12.4. The first-order chi connectivity index (χ1) is 9.81. The summed E-state index contributed by atoms with van der Waals surface area (Å²) in [4.78, 5) is 36.0. The van der Waals surface area contributed by atoms with Crippen LogP contribution in [-0.4, -0.2) is 64.3 Å². The molecule has 2 rings (SSSR count). The Kier molecular flexibility index (Phi) is 4.36. The standard InChI is InChI=1S/C13H21N3O5/c1-6(10-9(7(2)17)11(18)15-10)12(19)16-4-3-8(5-16)14-13(20)21/h6-10,14,17H,3-5H2,1-2H3,(H,15,18)(H,20,21)/t6?,7-,8?,9-,10-/m1/s1. The fourth-order valence-electron chi connectivity index (χ4n) is 3.07. The first kappa shape index (κ1) is 15.6. The Labute approximate surface area is 122 Å². The van der Waals surface area contributed by atoms with Crippen LogP contribution >= 0.6 is 0 Å². The highest BCUT2D eigenvalue weighted by molar-refractivity contribution is 5.90. The van der Waals surface area contributed by atoms with E-state index in [2.05, 4.69) is 10.6 Å². The van der Waals surface area contributed by atoms with Crippen LogP contribution in [0.5, 0.6) is 0 Å². The van der Waals surface area contributed by atoms with E-state index in [0.29, 0.717) is 19.5 Å². The maximum Gasteiger partial charge on any atom is 0.404 e. The molecule has 0 aromatic carbocycles. The molecule has 5 atom stereocenters. The number of hydrogen-bond acceptors (Lipinski definition) is 4. The molecule has 0 aromatic rings. The van der Waals surface area contributed by atoms with E-state index in [4.69, 9.17) is 5.11 Å². The van der Waals surface area contributed by atoms with E-state index >= 15 is 0 Å². The second kappa shape index (κ2) is 5.88. The highest BCUT2D eigenvalue weighted by Crippen LogP contribution is 2.27. The average molecular weight is 299 g/mol. The van der Waals surface area contributed by atoms with Crippen LogP contribution in [0.3, 0.4) is 0 Å². The molecule has 2 saturated heterocycles. The first-order valence-electron chi connectivity index (χ1n) is 7.08. The van der Waals surface area contributed by atoms with Gasteiger partial charge in [0, 0.05) is 13.1 Å². The number of carbonyl (C=O) groups is 3. The van der Waals surface area contributed by atoms with Gasteiger partial charge in [-0.15, -0.1) is 0 Å². The van der Waals surface area contributed by atoms with Gasteiger partial charge in [-0.1, -0.05) is 6.92 Å². The third-order valence-electron chi connectivity index (χ3n) is 4.27. The summed E-state index contributed by atoms with van der Waals surface area (Å²) in [5.74, 6) is -1.35. The van der Waals surface area contributed by atoms with E-state index in [-0.39, 0.29) is 23.9 Å². The molecule has 0 spiro atoms. The van der Waals surface area contributed by atoms with Crippen LogP contribution in [0.15, 0.2) is 0 Å². The Bertz CT molecular complexity index is 453. The summed E-state index contributed by atoms with van der Waals surface area (Å²) >= 11 is 0. The summed E-state index contributed by atoms with van der Waals surface area (Å²) in [6.07, 6.45) is -1.30. The topological polar surface area (TPSA) is 119 Å². The Balaban J connectivity index is 1.92. The van der Waals surface area contributed by atoms with Crippen molar-refractivity contribution in [1.82, 2.24) is 15.5 Å². The zero-order valence-electron chi connectivity index (χ0n) is 12.1. The molecule has 2 aliphatic heterocycles. The van der Waals surface area contributed by atoms with E-state index in [9.17, 15) is 19.5 Å². The molecule has 0 aliphatic carbocycles. The lowest BCUT2D eigenvalue weighted by molar-refractivity contribution is -0.148. The molecule has 2 aliphatic rings. The molecule has 21 heavy (non-hydrogen) atoms. The number of nitrogens with one attached hydrogen (secondary N) is 2. The molecule has 4 N–H and O–H groups in total. The molecule has 2 fully saturated rings. The van der Waals surface area contributed by atoms with Crippen LogP contribution < -0.4 is 10.6 Å². The number of nitrogens with zero attached hydrogens (tertiary/aromatic N) is 1. The summed E-state index contributed by atoms with van der Waals surface area (Å²) in [5, 5.41) is 23.3.